The van der Waals surface area contributed by atoms with E-state index in [1.807, 2.05) is 13.8 Å². The van der Waals surface area contributed by atoms with E-state index >= 15 is 0 Å². The topological polar surface area (TPSA) is 97.9 Å². The van der Waals surface area contributed by atoms with Gasteiger partial charge in [0.1, 0.15) is 11.5 Å². The number of nitrogen functional groups attached to an aromatic ring is 1. The fourth-order valence-electron chi connectivity index (χ4n) is 1.65. The zero-order valence-electron chi connectivity index (χ0n) is 10.8. The normalized spacial score (nSPS) is 10.5. The maximum Gasteiger partial charge on any atom is 0.275 e. The second-order valence-electron chi connectivity index (χ2n) is 4.28. The average Bonchev–Trinajstić information content (AvgIpc) is 2.87. The zero-order valence-corrected chi connectivity index (χ0v) is 10.8. The third-order valence-electron chi connectivity index (χ3n) is 2.56. The third kappa shape index (κ3) is 2.89. The molecule has 2 heterocycles. The van der Waals surface area contributed by atoms with Crippen LogP contribution in [0.3, 0.4) is 0 Å². The minimum Gasteiger partial charge on any atom is -0.324 e. The number of carbonyl (C=O) groups excluding carboxylic acids is 1. The third-order valence-corrected chi connectivity index (χ3v) is 2.56. The molecule has 0 atom stereocenters. The summed E-state index contributed by atoms with van der Waals surface area (Å²) in [6.45, 7) is 3.97. The Bertz CT molecular complexity index is 577. The number of nitrogens with two attached hydrogens (primary N) is 1. The Morgan fingerprint density at radius 1 is 1.37 bits per heavy atom. The molecule has 4 N–H and O–H groups in total. The summed E-state index contributed by atoms with van der Waals surface area (Å²) in [4.78, 5) is 16.1. The average molecular weight is 260 g/mol. The minimum absolute atomic E-state index is 0.162. The first-order valence-corrected chi connectivity index (χ1v) is 5.89. The van der Waals surface area contributed by atoms with E-state index in [2.05, 4.69) is 20.8 Å². The first kappa shape index (κ1) is 13.0. The number of nitrogens with one attached hydrogen (secondary N) is 2. The molecule has 2 aromatic rings. The number of hydrogen-bond donors (Lipinski definition) is 3. The molecule has 0 aliphatic rings. The molecule has 100 valence electrons. The summed E-state index contributed by atoms with van der Waals surface area (Å²) in [6.07, 6.45) is 3.16. The Labute approximate surface area is 110 Å². The Balaban J connectivity index is 2.18. The van der Waals surface area contributed by atoms with Crippen LogP contribution in [0.15, 0.2) is 30.6 Å². The van der Waals surface area contributed by atoms with Crippen molar-refractivity contribution in [1.29, 1.82) is 0 Å². The quantitative estimate of drug-likeness (QED) is 0.570. The number of hydrazine groups is 1. The van der Waals surface area contributed by atoms with Crippen LogP contribution < -0.4 is 16.6 Å². The lowest BCUT2D eigenvalue weighted by molar-refractivity contribution is 0.102. The highest BCUT2D eigenvalue weighted by atomic mass is 16.2. The van der Waals surface area contributed by atoms with Gasteiger partial charge in [-0.25, -0.2) is 4.68 Å². The van der Waals surface area contributed by atoms with E-state index in [4.69, 9.17) is 5.84 Å². The van der Waals surface area contributed by atoms with Gasteiger partial charge in [0.2, 0.25) is 0 Å². The van der Waals surface area contributed by atoms with Crippen LogP contribution in [-0.4, -0.2) is 20.7 Å². The summed E-state index contributed by atoms with van der Waals surface area (Å²) in [7, 11) is 0. The van der Waals surface area contributed by atoms with Crippen LogP contribution in [0.25, 0.3) is 0 Å². The predicted octanol–water partition coefficient (Wildman–Crippen LogP) is 1.40. The monoisotopic (exact) mass is 260 g/mol. The van der Waals surface area contributed by atoms with Gasteiger partial charge in [-0.2, -0.15) is 5.10 Å². The molecule has 0 aliphatic heterocycles. The van der Waals surface area contributed by atoms with E-state index in [1.165, 1.54) is 6.20 Å². The van der Waals surface area contributed by atoms with Crippen LogP contribution in [0.5, 0.6) is 0 Å². The standard InChI is InChI=1S/C12H16N6O/c1-8(2)18-11(4-6-15-18)16-12(19)10-7-9(17-13)3-5-14-10/h3-8H,13H2,1-2H3,(H,14,17)(H,16,19). The first-order chi connectivity index (χ1) is 9.11. The molecule has 0 aliphatic carbocycles. The van der Waals surface area contributed by atoms with Crippen LogP contribution in [-0.2, 0) is 0 Å². The van der Waals surface area contributed by atoms with E-state index in [9.17, 15) is 4.79 Å². The number of carbonyl (C=O) groups is 1. The molecule has 2 aromatic heterocycles. The van der Waals surface area contributed by atoms with Crippen molar-refractivity contribution in [3.8, 4) is 0 Å². The molecule has 0 spiro atoms. The van der Waals surface area contributed by atoms with Gasteiger partial charge in [0.05, 0.1) is 11.9 Å². The van der Waals surface area contributed by atoms with Gasteiger partial charge in [-0.1, -0.05) is 0 Å². The molecule has 7 heteroatoms. The molecule has 0 saturated carbocycles. The Morgan fingerprint density at radius 2 is 2.16 bits per heavy atom. The van der Waals surface area contributed by atoms with E-state index < -0.39 is 0 Å². The van der Waals surface area contributed by atoms with Gasteiger partial charge in [-0.15, -0.1) is 0 Å². The SMILES string of the molecule is CC(C)n1nccc1NC(=O)c1cc(NN)ccn1. The lowest BCUT2D eigenvalue weighted by atomic mass is 10.3. The van der Waals surface area contributed by atoms with E-state index in [-0.39, 0.29) is 17.6 Å². The van der Waals surface area contributed by atoms with Gasteiger partial charge in [0.25, 0.3) is 5.91 Å². The van der Waals surface area contributed by atoms with Crippen molar-refractivity contribution in [2.24, 2.45) is 5.84 Å². The van der Waals surface area contributed by atoms with Crippen LogP contribution in [0.1, 0.15) is 30.4 Å². The van der Waals surface area contributed by atoms with Gasteiger partial charge >= 0.3 is 0 Å². The lowest BCUT2D eigenvalue weighted by Crippen LogP contribution is -2.18. The van der Waals surface area contributed by atoms with Gasteiger partial charge in [-0.05, 0) is 26.0 Å². The van der Waals surface area contributed by atoms with Crippen LogP contribution in [0.4, 0.5) is 11.5 Å². The van der Waals surface area contributed by atoms with Crippen LogP contribution in [0.2, 0.25) is 0 Å². The number of aromatic nitrogens is 3. The van der Waals surface area contributed by atoms with E-state index in [0.717, 1.165) is 0 Å². The van der Waals surface area contributed by atoms with E-state index in [1.54, 1.807) is 29.1 Å². The van der Waals surface area contributed by atoms with E-state index in [0.29, 0.717) is 11.5 Å². The number of nitrogens with zero attached hydrogens (tertiary/aromatic N) is 3. The predicted molar refractivity (Wildman–Crippen MR) is 72.6 cm³/mol. The minimum atomic E-state index is -0.306. The smallest absolute Gasteiger partial charge is 0.275 e. The molecule has 0 aromatic carbocycles. The van der Waals surface area contributed by atoms with Crippen molar-refractivity contribution in [2.45, 2.75) is 19.9 Å². The molecule has 19 heavy (non-hydrogen) atoms. The first-order valence-electron chi connectivity index (χ1n) is 5.89. The van der Waals surface area contributed by atoms with Crippen molar-refractivity contribution in [3.05, 3.63) is 36.3 Å². The van der Waals surface area contributed by atoms with Gasteiger partial charge in [0, 0.05) is 18.3 Å². The molecule has 0 bridgehead atoms. The zero-order chi connectivity index (χ0) is 13.8. The maximum absolute atomic E-state index is 12.1. The Hall–Kier alpha value is -2.41. The molecule has 0 saturated heterocycles. The van der Waals surface area contributed by atoms with Crippen molar-refractivity contribution in [3.63, 3.8) is 0 Å². The van der Waals surface area contributed by atoms with Gasteiger partial charge < -0.3 is 10.7 Å². The molecular formula is C12H16N6O. The fraction of sp³-hybridized carbons (Fsp3) is 0.250. The number of anilines is 2. The number of pyridine rings is 1. The van der Waals surface area contributed by atoms with Crippen molar-refractivity contribution in [1.82, 2.24) is 14.8 Å². The summed E-state index contributed by atoms with van der Waals surface area (Å²) in [5.74, 6) is 5.62. The molecule has 1 amide bonds. The highest BCUT2D eigenvalue weighted by molar-refractivity contribution is 6.02. The van der Waals surface area contributed by atoms with Crippen molar-refractivity contribution >= 4 is 17.4 Å². The lowest BCUT2D eigenvalue weighted by Gasteiger charge is -2.11. The largest absolute Gasteiger partial charge is 0.324 e. The second-order valence-corrected chi connectivity index (χ2v) is 4.28. The molecule has 7 nitrogen and oxygen atoms in total. The molecule has 0 radical (unpaired) electrons. The molecule has 0 fully saturated rings. The number of rotatable bonds is 4. The Kier molecular flexibility index (Phi) is 3.76. The van der Waals surface area contributed by atoms with Crippen LogP contribution >= 0.6 is 0 Å². The summed E-state index contributed by atoms with van der Waals surface area (Å²) in [6, 6.07) is 5.15. The summed E-state index contributed by atoms with van der Waals surface area (Å²) in [5.41, 5.74) is 3.38. The molecule has 2 rings (SSSR count). The Morgan fingerprint density at radius 3 is 2.84 bits per heavy atom. The second kappa shape index (κ2) is 5.49. The highest BCUT2D eigenvalue weighted by Gasteiger charge is 2.12. The van der Waals surface area contributed by atoms with Crippen molar-refractivity contribution in [2.75, 3.05) is 10.7 Å². The number of hydrogen-bond acceptors (Lipinski definition) is 5. The van der Waals surface area contributed by atoms with Gasteiger partial charge in [0.15, 0.2) is 0 Å². The fourth-order valence-corrected chi connectivity index (χ4v) is 1.65. The van der Waals surface area contributed by atoms with Gasteiger partial charge in [-0.3, -0.25) is 15.6 Å². The molecular weight excluding hydrogens is 244 g/mol. The molecule has 0 unspecified atom stereocenters. The summed E-state index contributed by atoms with van der Waals surface area (Å²) < 4.78 is 1.73. The maximum atomic E-state index is 12.1. The van der Waals surface area contributed by atoms with Crippen LogP contribution in [0, 0.1) is 0 Å². The summed E-state index contributed by atoms with van der Waals surface area (Å²) >= 11 is 0. The highest BCUT2D eigenvalue weighted by Crippen LogP contribution is 2.14. The number of amides is 1. The van der Waals surface area contributed by atoms with Crippen molar-refractivity contribution < 1.29 is 4.79 Å². The summed E-state index contributed by atoms with van der Waals surface area (Å²) in [5, 5.41) is 6.92.